The molecule has 186 valence electrons. The van der Waals surface area contributed by atoms with Gasteiger partial charge in [0.05, 0.1) is 23.4 Å². The van der Waals surface area contributed by atoms with Crippen molar-refractivity contribution in [3.8, 4) is 5.75 Å². The third-order valence-corrected chi connectivity index (χ3v) is 7.16. The average Bonchev–Trinajstić information content (AvgIpc) is 2.74. The average molecular weight is 502 g/mol. The van der Waals surface area contributed by atoms with Crippen molar-refractivity contribution < 1.29 is 19.4 Å². The van der Waals surface area contributed by atoms with Gasteiger partial charge in [-0.2, -0.15) is 0 Å². The lowest BCUT2D eigenvalue weighted by molar-refractivity contribution is -0.137. The van der Waals surface area contributed by atoms with E-state index >= 15 is 0 Å². The van der Waals surface area contributed by atoms with Crippen LogP contribution in [0.5, 0.6) is 5.75 Å². The van der Waals surface area contributed by atoms with Crippen molar-refractivity contribution in [3.05, 3.63) is 22.7 Å². The number of nitrogens with zero attached hydrogens (tertiary/aromatic N) is 1. The van der Waals surface area contributed by atoms with E-state index in [0.717, 1.165) is 51.5 Å². The molecular formula is C24H37Cl2N3O4. The van der Waals surface area contributed by atoms with Gasteiger partial charge in [-0.3, -0.25) is 14.5 Å². The van der Waals surface area contributed by atoms with E-state index in [1.54, 1.807) is 12.1 Å². The van der Waals surface area contributed by atoms with Gasteiger partial charge in [-0.05, 0) is 51.1 Å². The summed E-state index contributed by atoms with van der Waals surface area (Å²) in [5.41, 5.74) is 6.65. The van der Waals surface area contributed by atoms with Crippen LogP contribution in [0, 0.1) is 0 Å². The number of hydrogen-bond acceptors (Lipinski definition) is 5. The third kappa shape index (κ3) is 7.66. The number of carbonyl (C=O) groups is 2. The number of carbonyl (C=O) groups excluding carboxylic acids is 1. The number of piperidine rings is 2. The summed E-state index contributed by atoms with van der Waals surface area (Å²) in [6, 6.07) is 4.34. The molecule has 2 unspecified atom stereocenters. The molecule has 2 heterocycles. The van der Waals surface area contributed by atoms with Gasteiger partial charge in [0.25, 0.3) is 5.91 Å². The Morgan fingerprint density at radius 1 is 1.15 bits per heavy atom. The molecule has 1 aromatic rings. The number of benzene rings is 1. The maximum absolute atomic E-state index is 13.0. The Morgan fingerprint density at radius 3 is 2.42 bits per heavy atom. The van der Waals surface area contributed by atoms with E-state index in [0.29, 0.717) is 34.1 Å². The van der Waals surface area contributed by atoms with Gasteiger partial charge in [-0.1, -0.05) is 37.3 Å². The second kappa shape index (κ2) is 13.3. The van der Waals surface area contributed by atoms with Crippen molar-refractivity contribution in [1.82, 2.24) is 10.2 Å². The van der Waals surface area contributed by atoms with Crippen molar-refractivity contribution in [2.75, 3.05) is 19.4 Å². The minimum absolute atomic E-state index is 0. The van der Waals surface area contributed by atoms with Crippen LogP contribution in [0.2, 0.25) is 5.02 Å². The molecule has 3 rings (SSSR count). The smallest absolute Gasteiger partial charge is 0.303 e. The highest BCUT2D eigenvalue weighted by molar-refractivity contribution is 6.33. The molecule has 7 nitrogen and oxygen atoms in total. The Balaban J connectivity index is 0.00000385. The summed E-state index contributed by atoms with van der Waals surface area (Å²) < 4.78 is 5.34. The number of hydrogen-bond donors (Lipinski definition) is 3. The Morgan fingerprint density at radius 2 is 1.79 bits per heavy atom. The summed E-state index contributed by atoms with van der Waals surface area (Å²) in [4.78, 5) is 26.2. The Kier molecular flexibility index (Phi) is 11.1. The van der Waals surface area contributed by atoms with E-state index in [9.17, 15) is 9.59 Å². The van der Waals surface area contributed by atoms with E-state index in [1.165, 1.54) is 26.4 Å². The van der Waals surface area contributed by atoms with Crippen molar-refractivity contribution in [2.45, 2.75) is 88.8 Å². The zero-order valence-corrected chi connectivity index (χ0v) is 20.9. The van der Waals surface area contributed by atoms with Crippen LogP contribution < -0.4 is 15.8 Å². The van der Waals surface area contributed by atoms with E-state index in [2.05, 4.69) is 10.2 Å². The molecule has 2 fully saturated rings. The number of nitrogens with one attached hydrogen (secondary N) is 1. The lowest BCUT2D eigenvalue weighted by Gasteiger charge is -2.49. The van der Waals surface area contributed by atoms with Crippen LogP contribution in [-0.4, -0.2) is 53.7 Å². The first-order valence-electron chi connectivity index (χ1n) is 11.8. The summed E-state index contributed by atoms with van der Waals surface area (Å²) in [6.45, 7) is 1.09. The number of amides is 1. The zero-order chi connectivity index (χ0) is 23.1. The molecule has 1 aromatic carbocycles. The van der Waals surface area contributed by atoms with Gasteiger partial charge in [0, 0.05) is 30.6 Å². The molecule has 2 atom stereocenters. The number of unbranched alkanes of at least 4 members (excludes halogenated alkanes) is 4. The number of nitrogens with two attached hydrogens (primary N) is 1. The summed E-state index contributed by atoms with van der Waals surface area (Å²) in [6.07, 6.45) is 11.0. The monoisotopic (exact) mass is 501 g/mol. The molecule has 0 spiro atoms. The highest BCUT2D eigenvalue weighted by Crippen LogP contribution is 2.35. The summed E-state index contributed by atoms with van der Waals surface area (Å²) in [7, 11) is 1.52. The SMILES string of the molecule is COc1cc(N)c(Cl)cc1C(=O)NC1CC2CCCC(C1)N2CCCCCCCC(=O)O.Cl. The maximum atomic E-state index is 13.0. The molecule has 0 radical (unpaired) electrons. The van der Waals surface area contributed by atoms with Crippen molar-refractivity contribution in [3.63, 3.8) is 0 Å². The number of carboxylic acids is 1. The van der Waals surface area contributed by atoms with Gasteiger partial charge >= 0.3 is 5.97 Å². The van der Waals surface area contributed by atoms with Crippen LogP contribution in [0.1, 0.15) is 81.0 Å². The molecule has 2 aliphatic rings. The number of fused-ring (bicyclic) bond motifs is 2. The van der Waals surface area contributed by atoms with Crippen LogP contribution in [0.25, 0.3) is 0 Å². The highest BCUT2D eigenvalue weighted by atomic mass is 35.5. The fourth-order valence-corrected chi connectivity index (χ4v) is 5.40. The van der Waals surface area contributed by atoms with Gasteiger partial charge in [-0.25, -0.2) is 0 Å². The topological polar surface area (TPSA) is 105 Å². The quantitative estimate of drug-likeness (QED) is 0.294. The summed E-state index contributed by atoms with van der Waals surface area (Å²) in [5.74, 6) is -0.433. The minimum Gasteiger partial charge on any atom is -0.496 e. The second-order valence-electron chi connectivity index (χ2n) is 9.10. The van der Waals surface area contributed by atoms with Crippen LogP contribution >= 0.6 is 24.0 Å². The second-order valence-corrected chi connectivity index (χ2v) is 9.51. The van der Waals surface area contributed by atoms with Crippen molar-refractivity contribution >= 4 is 41.6 Å². The lowest BCUT2D eigenvalue weighted by atomic mass is 9.81. The number of ether oxygens (including phenoxy) is 1. The number of halogens is 2. The molecule has 33 heavy (non-hydrogen) atoms. The molecule has 9 heteroatoms. The standard InChI is InChI=1S/C24H36ClN3O4.ClH/c1-32-22-15-21(26)20(25)14-19(22)24(31)27-16-12-17-8-7-9-18(13-16)28(17)11-6-4-2-3-5-10-23(29)30;/h14-18H,2-13,26H2,1H3,(H,27,31)(H,29,30);1H. The van der Waals surface area contributed by atoms with E-state index < -0.39 is 5.97 Å². The first-order chi connectivity index (χ1) is 15.4. The first-order valence-corrected chi connectivity index (χ1v) is 12.2. The number of anilines is 1. The van der Waals surface area contributed by atoms with Crippen molar-refractivity contribution in [2.24, 2.45) is 0 Å². The Bertz CT molecular complexity index is 794. The number of aliphatic carboxylic acids is 1. The predicted octanol–water partition coefficient (Wildman–Crippen LogP) is 4.89. The number of rotatable bonds is 11. The molecule has 0 aliphatic carbocycles. The van der Waals surface area contributed by atoms with Crippen LogP contribution in [0.4, 0.5) is 5.69 Å². The molecule has 2 saturated heterocycles. The lowest BCUT2D eigenvalue weighted by Crippen LogP contribution is -2.57. The van der Waals surface area contributed by atoms with Crippen LogP contribution in [-0.2, 0) is 4.79 Å². The van der Waals surface area contributed by atoms with Crippen LogP contribution in [0.15, 0.2) is 12.1 Å². The molecule has 4 N–H and O–H groups in total. The molecule has 0 saturated carbocycles. The normalized spacial score (nSPS) is 22.3. The fraction of sp³-hybridized carbons (Fsp3) is 0.667. The number of methoxy groups -OCH3 is 1. The molecule has 1 amide bonds. The van der Waals surface area contributed by atoms with Gasteiger partial charge in [-0.15, -0.1) is 12.4 Å². The first kappa shape index (κ1) is 27.5. The van der Waals surface area contributed by atoms with E-state index in [1.807, 2.05) is 0 Å². The largest absolute Gasteiger partial charge is 0.496 e. The molecular weight excluding hydrogens is 465 g/mol. The fourth-order valence-electron chi connectivity index (χ4n) is 5.24. The van der Waals surface area contributed by atoms with Gasteiger partial charge in [0.2, 0.25) is 0 Å². The third-order valence-electron chi connectivity index (χ3n) is 6.83. The van der Waals surface area contributed by atoms with E-state index in [-0.39, 0.29) is 30.8 Å². The molecule has 0 aromatic heterocycles. The van der Waals surface area contributed by atoms with Crippen molar-refractivity contribution in [1.29, 1.82) is 0 Å². The maximum Gasteiger partial charge on any atom is 0.303 e. The summed E-state index contributed by atoms with van der Waals surface area (Å²) >= 11 is 6.14. The minimum atomic E-state index is -0.703. The van der Waals surface area contributed by atoms with Gasteiger partial charge < -0.3 is 20.9 Å². The number of nitrogen functional groups attached to an aromatic ring is 1. The van der Waals surface area contributed by atoms with Crippen LogP contribution in [0.3, 0.4) is 0 Å². The molecule has 2 bridgehead atoms. The summed E-state index contributed by atoms with van der Waals surface area (Å²) in [5, 5.41) is 12.3. The Labute approximate surface area is 207 Å². The predicted molar refractivity (Wildman–Crippen MR) is 134 cm³/mol. The van der Waals surface area contributed by atoms with E-state index in [4.69, 9.17) is 27.2 Å². The molecule has 2 aliphatic heterocycles. The Hall–Kier alpha value is -1.70. The van der Waals surface area contributed by atoms with Gasteiger partial charge in [0.15, 0.2) is 0 Å². The highest BCUT2D eigenvalue weighted by Gasteiger charge is 2.38. The van der Waals surface area contributed by atoms with Gasteiger partial charge in [0.1, 0.15) is 5.75 Å². The zero-order valence-electron chi connectivity index (χ0n) is 19.4. The number of carboxylic acid groups (broad SMARTS) is 1.